The lowest BCUT2D eigenvalue weighted by atomic mass is 10.2. The molecule has 0 saturated heterocycles. The molecule has 0 unspecified atom stereocenters. The zero-order chi connectivity index (χ0) is 8.39. The van der Waals surface area contributed by atoms with Gasteiger partial charge in [-0.15, -0.1) is 0 Å². The summed E-state index contributed by atoms with van der Waals surface area (Å²) in [6, 6.07) is 9.85. The van der Waals surface area contributed by atoms with Crippen LogP contribution < -0.4 is 3.79 Å². The SMILES string of the molecule is C.[AlH][O]c1cccc2cccnc12. The number of pyridine rings is 1. The number of hydrogen-bond acceptors (Lipinski definition) is 2. The van der Waals surface area contributed by atoms with Gasteiger partial charge in [-0.25, -0.2) is 0 Å². The Hall–Kier alpha value is -1.04. The van der Waals surface area contributed by atoms with Crippen molar-refractivity contribution in [1.29, 1.82) is 0 Å². The normalized spacial score (nSPS) is 9.23. The molecule has 0 aliphatic heterocycles. The van der Waals surface area contributed by atoms with Crippen molar-refractivity contribution in [1.82, 2.24) is 4.98 Å². The molecular weight excluding hydrogens is 177 g/mol. The minimum atomic E-state index is 0. The maximum absolute atomic E-state index is 5.19. The van der Waals surface area contributed by atoms with Crippen LogP contribution in [-0.4, -0.2) is 21.6 Å². The average Bonchev–Trinajstić information content (AvgIpc) is 2.17. The van der Waals surface area contributed by atoms with Crippen molar-refractivity contribution in [2.24, 2.45) is 0 Å². The van der Waals surface area contributed by atoms with E-state index in [0.717, 1.165) is 16.7 Å². The monoisotopic (exact) mass is 188 g/mol. The van der Waals surface area contributed by atoms with Gasteiger partial charge in [-0.3, -0.25) is 4.98 Å². The first-order valence-electron chi connectivity index (χ1n) is 3.67. The maximum atomic E-state index is 5.19. The Morgan fingerprint density at radius 3 is 2.69 bits per heavy atom. The van der Waals surface area contributed by atoms with Gasteiger partial charge in [-0.1, -0.05) is 25.6 Å². The fourth-order valence-electron chi connectivity index (χ4n) is 1.19. The van der Waals surface area contributed by atoms with Gasteiger partial charge >= 0.3 is 16.6 Å². The third-order valence-corrected chi connectivity index (χ3v) is 2.06. The van der Waals surface area contributed by atoms with E-state index in [4.69, 9.17) is 3.79 Å². The molecule has 3 heteroatoms. The van der Waals surface area contributed by atoms with E-state index in [-0.39, 0.29) is 7.43 Å². The van der Waals surface area contributed by atoms with E-state index >= 15 is 0 Å². The van der Waals surface area contributed by atoms with Gasteiger partial charge < -0.3 is 3.79 Å². The van der Waals surface area contributed by atoms with Crippen LogP contribution >= 0.6 is 0 Å². The molecule has 0 N–H and O–H groups in total. The Morgan fingerprint density at radius 2 is 1.92 bits per heavy atom. The van der Waals surface area contributed by atoms with E-state index in [9.17, 15) is 0 Å². The molecule has 1 aromatic carbocycles. The van der Waals surface area contributed by atoms with E-state index in [1.165, 1.54) is 16.6 Å². The lowest BCUT2D eigenvalue weighted by molar-refractivity contribution is 0.622. The smallest absolute Gasteiger partial charge is 0.494 e. The lowest BCUT2D eigenvalue weighted by Crippen LogP contribution is -1.87. The number of rotatable bonds is 1. The van der Waals surface area contributed by atoms with Crippen molar-refractivity contribution >= 4 is 27.5 Å². The highest BCUT2D eigenvalue weighted by Crippen LogP contribution is 2.21. The molecule has 0 atom stereocenters. The van der Waals surface area contributed by atoms with Gasteiger partial charge in [0.15, 0.2) is 0 Å². The van der Waals surface area contributed by atoms with E-state index in [1.54, 1.807) is 6.20 Å². The third-order valence-electron chi connectivity index (χ3n) is 1.75. The van der Waals surface area contributed by atoms with Crippen LogP contribution in [-0.2, 0) is 0 Å². The lowest BCUT2D eigenvalue weighted by Gasteiger charge is -2.04. The number of fused-ring (bicyclic) bond motifs is 1. The fraction of sp³-hybridized carbons (Fsp3) is 0.100. The van der Waals surface area contributed by atoms with Crippen LogP contribution in [0.3, 0.4) is 0 Å². The fourth-order valence-corrected chi connectivity index (χ4v) is 1.43. The topological polar surface area (TPSA) is 22.1 Å². The predicted octanol–water partition coefficient (Wildman–Crippen LogP) is 2.07. The molecule has 1 aromatic heterocycles. The van der Waals surface area contributed by atoms with E-state index in [0.29, 0.717) is 0 Å². The number of hydrogen-bond donors (Lipinski definition) is 0. The Balaban J connectivity index is 0.000000845. The van der Waals surface area contributed by atoms with Gasteiger partial charge in [0.1, 0.15) is 11.3 Å². The molecular formula is C10H11AlNO. The van der Waals surface area contributed by atoms with Gasteiger partial charge in [0.25, 0.3) is 0 Å². The molecule has 0 amide bonds. The minimum Gasteiger partial charge on any atom is -0.649 e. The summed E-state index contributed by atoms with van der Waals surface area (Å²) >= 11 is 1.47. The first-order valence-corrected chi connectivity index (χ1v) is 4.25. The van der Waals surface area contributed by atoms with E-state index in [2.05, 4.69) is 4.98 Å². The second-order valence-corrected chi connectivity index (χ2v) is 2.76. The first-order chi connectivity index (χ1) is 5.92. The molecule has 0 aliphatic carbocycles. The summed E-state index contributed by atoms with van der Waals surface area (Å²) in [5.74, 6) is 0.839. The first kappa shape index (κ1) is 10.0. The molecule has 0 spiro atoms. The van der Waals surface area contributed by atoms with Crippen molar-refractivity contribution in [3.63, 3.8) is 0 Å². The Bertz CT molecular complexity index is 398. The van der Waals surface area contributed by atoms with Crippen LogP contribution in [0.5, 0.6) is 5.75 Å². The van der Waals surface area contributed by atoms with Crippen molar-refractivity contribution in [2.45, 2.75) is 7.43 Å². The molecule has 0 aliphatic rings. The van der Waals surface area contributed by atoms with Crippen molar-refractivity contribution < 1.29 is 3.79 Å². The van der Waals surface area contributed by atoms with E-state index < -0.39 is 0 Å². The molecule has 0 saturated carbocycles. The second-order valence-electron chi connectivity index (χ2n) is 2.48. The summed E-state index contributed by atoms with van der Waals surface area (Å²) in [6.45, 7) is 0. The van der Waals surface area contributed by atoms with Crippen LogP contribution in [0.25, 0.3) is 10.9 Å². The minimum absolute atomic E-state index is 0. The standard InChI is InChI=1S/C9H7NO.CH4.Al.H/c11-8-5-1-3-7-4-2-6-10-9(7)8;;;/h1-6,11H;1H4;;/q;;+1;/p-1. The second kappa shape index (κ2) is 4.27. The molecule has 2 aromatic rings. The molecule has 0 bridgehead atoms. The van der Waals surface area contributed by atoms with Gasteiger partial charge in [0.05, 0.1) is 0 Å². The van der Waals surface area contributed by atoms with Gasteiger partial charge in [0.2, 0.25) is 0 Å². The summed E-state index contributed by atoms with van der Waals surface area (Å²) < 4.78 is 5.19. The molecule has 1 heterocycles. The number of para-hydroxylation sites is 1. The van der Waals surface area contributed by atoms with E-state index in [1.807, 2.05) is 30.3 Å². The average molecular weight is 188 g/mol. The Kier molecular flexibility index (Phi) is 3.30. The van der Waals surface area contributed by atoms with Crippen LogP contribution in [0.1, 0.15) is 7.43 Å². The van der Waals surface area contributed by atoms with Crippen LogP contribution in [0.2, 0.25) is 0 Å². The van der Waals surface area contributed by atoms with Crippen LogP contribution in [0, 0.1) is 0 Å². The molecule has 13 heavy (non-hydrogen) atoms. The molecule has 65 valence electrons. The summed E-state index contributed by atoms with van der Waals surface area (Å²) in [6.07, 6.45) is 1.77. The zero-order valence-corrected chi connectivity index (χ0v) is 7.94. The van der Waals surface area contributed by atoms with Crippen molar-refractivity contribution in [3.8, 4) is 5.75 Å². The number of benzene rings is 1. The van der Waals surface area contributed by atoms with Crippen molar-refractivity contribution in [3.05, 3.63) is 36.5 Å². The molecule has 2 nitrogen and oxygen atoms in total. The largest absolute Gasteiger partial charge is 0.649 e. The Labute approximate surface area is 86.3 Å². The van der Waals surface area contributed by atoms with Gasteiger partial charge in [-0.05, 0) is 12.1 Å². The van der Waals surface area contributed by atoms with Gasteiger partial charge in [-0.2, -0.15) is 0 Å². The summed E-state index contributed by atoms with van der Waals surface area (Å²) in [5, 5.41) is 1.11. The highest BCUT2D eigenvalue weighted by molar-refractivity contribution is 6.01. The summed E-state index contributed by atoms with van der Waals surface area (Å²) in [7, 11) is 0. The van der Waals surface area contributed by atoms with Crippen molar-refractivity contribution in [2.75, 3.05) is 0 Å². The quantitative estimate of drug-likeness (QED) is 0.639. The van der Waals surface area contributed by atoms with Crippen LogP contribution in [0.15, 0.2) is 36.5 Å². The highest BCUT2D eigenvalue weighted by atomic mass is 27.1. The Morgan fingerprint density at radius 1 is 1.15 bits per heavy atom. The number of aromatic nitrogens is 1. The zero-order valence-electron chi connectivity index (χ0n) is 6.53. The number of nitrogens with zero attached hydrogens (tertiary/aromatic N) is 1. The van der Waals surface area contributed by atoms with Crippen LogP contribution in [0.4, 0.5) is 0 Å². The summed E-state index contributed by atoms with van der Waals surface area (Å²) in [5.41, 5.74) is 0.926. The molecule has 0 fully saturated rings. The third kappa shape index (κ3) is 1.83. The predicted molar refractivity (Wildman–Crippen MR) is 56.3 cm³/mol. The molecule has 2 rings (SSSR count). The maximum Gasteiger partial charge on any atom is 0.494 e. The molecule has 1 radical (unpaired) electrons. The highest BCUT2D eigenvalue weighted by Gasteiger charge is 1.97. The summed E-state index contributed by atoms with van der Waals surface area (Å²) in [4.78, 5) is 4.23. The van der Waals surface area contributed by atoms with Gasteiger partial charge in [0, 0.05) is 11.6 Å².